The Bertz CT molecular complexity index is 645. The van der Waals surface area contributed by atoms with Crippen LogP contribution in [0.5, 0.6) is 0 Å². The standard InChI is InChI=1S/C15H19N5S/c1-16-13-4-2-3-11(17-13)9-21-15-19-18-14(10-5-6-10)20(15)12-7-8-12/h2-4,10,12H,5-9H2,1H3,(H,16,17). The number of aromatic nitrogens is 4. The van der Waals surface area contributed by atoms with E-state index >= 15 is 0 Å². The average Bonchev–Trinajstić information content (AvgIpc) is 3.44. The van der Waals surface area contributed by atoms with Crippen LogP contribution in [-0.2, 0) is 5.75 Å². The largest absolute Gasteiger partial charge is 0.373 e. The van der Waals surface area contributed by atoms with Crippen LogP contribution in [0.2, 0.25) is 0 Å². The molecule has 0 amide bonds. The molecule has 6 heteroatoms. The third-order valence-corrected chi connectivity index (χ3v) is 4.93. The van der Waals surface area contributed by atoms with E-state index in [-0.39, 0.29) is 0 Å². The Balaban J connectivity index is 1.51. The van der Waals surface area contributed by atoms with E-state index in [0.717, 1.165) is 22.4 Å². The molecule has 21 heavy (non-hydrogen) atoms. The zero-order valence-electron chi connectivity index (χ0n) is 12.1. The van der Waals surface area contributed by atoms with Crippen molar-refractivity contribution in [2.45, 2.75) is 48.6 Å². The Kier molecular flexibility index (Phi) is 3.33. The molecular formula is C15H19N5S. The summed E-state index contributed by atoms with van der Waals surface area (Å²) in [6, 6.07) is 6.73. The highest BCUT2D eigenvalue weighted by atomic mass is 32.2. The molecule has 2 aromatic heterocycles. The molecule has 0 unspecified atom stereocenters. The van der Waals surface area contributed by atoms with Crippen molar-refractivity contribution in [1.82, 2.24) is 19.7 Å². The van der Waals surface area contributed by atoms with Gasteiger partial charge in [0.25, 0.3) is 0 Å². The highest BCUT2D eigenvalue weighted by Gasteiger charge is 2.36. The fourth-order valence-corrected chi connectivity index (χ4v) is 3.44. The first kappa shape index (κ1) is 13.1. The number of anilines is 1. The van der Waals surface area contributed by atoms with Crippen molar-refractivity contribution in [3.8, 4) is 0 Å². The molecule has 2 aliphatic rings. The fourth-order valence-electron chi connectivity index (χ4n) is 2.52. The van der Waals surface area contributed by atoms with Crippen molar-refractivity contribution in [1.29, 1.82) is 0 Å². The zero-order chi connectivity index (χ0) is 14.2. The van der Waals surface area contributed by atoms with Crippen molar-refractivity contribution in [2.75, 3.05) is 12.4 Å². The van der Waals surface area contributed by atoms with E-state index in [1.807, 2.05) is 19.2 Å². The fraction of sp³-hybridized carbons (Fsp3) is 0.533. The Morgan fingerprint density at radius 3 is 2.81 bits per heavy atom. The van der Waals surface area contributed by atoms with Gasteiger partial charge in [0.2, 0.25) is 0 Å². The molecule has 0 aliphatic heterocycles. The highest BCUT2D eigenvalue weighted by molar-refractivity contribution is 7.98. The predicted molar refractivity (Wildman–Crippen MR) is 83.6 cm³/mol. The molecule has 0 spiro atoms. The van der Waals surface area contributed by atoms with Crippen LogP contribution in [0.3, 0.4) is 0 Å². The molecule has 2 heterocycles. The van der Waals surface area contributed by atoms with Crippen LogP contribution >= 0.6 is 11.8 Å². The number of hydrogen-bond donors (Lipinski definition) is 1. The molecule has 0 bridgehead atoms. The van der Waals surface area contributed by atoms with Gasteiger partial charge >= 0.3 is 0 Å². The van der Waals surface area contributed by atoms with Gasteiger partial charge in [-0.1, -0.05) is 17.8 Å². The maximum absolute atomic E-state index is 4.56. The molecule has 0 radical (unpaired) electrons. The van der Waals surface area contributed by atoms with Crippen LogP contribution in [0.1, 0.15) is 49.2 Å². The molecule has 1 N–H and O–H groups in total. The monoisotopic (exact) mass is 301 g/mol. The SMILES string of the molecule is CNc1cccc(CSc2nnc(C3CC3)n2C2CC2)n1. The van der Waals surface area contributed by atoms with Crippen LogP contribution in [0.15, 0.2) is 23.4 Å². The van der Waals surface area contributed by atoms with E-state index in [0.29, 0.717) is 12.0 Å². The van der Waals surface area contributed by atoms with Crippen molar-refractivity contribution >= 4 is 17.6 Å². The Labute approximate surface area is 128 Å². The molecule has 2 fully saturated rings. The lowest BCUT2D eigenvalue weighted by molar-refractivity contribution is 0.627. The van der Waals surface area contributed by atoms with E-state index in [2.05, 4.69) is 31.1 Å². The minimum Gasteiger partial charge on any atom is -0.373 e. The number of nitrogens with one attached hydrogen (secondary N) is 1. The van der Waals surface area contributed by atoms with E-state index in [1.165, 1.54) is 31.5 Å². The maximum atomic E-state index is 4.56. The van der Waals surface area contributed by atoms with Crippen molar-refractivity contribution in [3.05, 3.63) is 29.7 Å². The number of rotatable bonds is 6. The van der Waals surface area contributed by atoms with Crippen molar-refractivity contribution < 1.29 is 0 Å². The first-order chi connectivity index (χ1) is 10.3. The van der Waals surface area contributed by atoms with Gasteiger partial charge in [0.05, 0.1) is 5.69 Å². The van der Waals surface area contributed by atoms with E-state index in [1.54, 1.807) is 11.8 Å². The van der Waals surface area contributed by atoms with Crippen LogP contribution in [0, 0.1) is 0 Å². The lowest BCUT2D eigenvalue weighted by Crippen LogP contribution is -2.02. The van der Waals surface area contributed by atoms with Crippen molar-refractivity contribution in [2.24, 2.45) is 0 Å². The van der Waals surface area contributed by atoms with E-state index in [9.17, 15) is 0 Å². The van der Waals surface area contributed by atoms with Gasteiger partial charge in [0, 0.05) is 24.8 Å². The summed E-state index contributed by atoms with van der Waals surface area (Å²) < 4.78 is 2.39. The normalized spacial score (nSPS) is 18.0. The molecule has 5 nitrogen and oxygen atoms in total. The summed E-state index contributed by atoms with van der Waals surface area (Å²) >= 11 is 1.75. The lowest BCUT2D eigenvalue weighted by atomic mass is 10.4. The molecular weight excluding hydrogens is 282 g/mol. The summed E-state index contributed by atoms with van der Waals surface area (Å²) in [5, 5.41) is 13.0. The second-order valence-electron chi connectivity index (χ2n) is 5.77. The predicted octanol–water partition coefficient (Wildman–Crippen LogP) is 3.22. The second-order valence-corrected chi connectivity index (χ2v) is 6.71. The molecule has 110 valence electrons. The molecule has 0 saturated heterocycles. The molecule has 2 saturated carbocycles. The number of pyridine rings is 1. The first-order valence-corrected chi connectivity index (χ1v) is 8.55. The van der Waals surface area contributed by atoms with Gasteiger partial charge in [-0.15, -0.1) is 10.2 Å². The second kappa shape index (κ2) is 5.33. The number of thioether (sulfide) groups is 1. The smallest absolute Gasteiger partial charge is 0.191 e. The summed E-state index contributed by atoms with van der Waals surface area (Å²) in [4.78, 5) is 4.56. The average molecular weight is 301 g/mol. The zero-order valence-corrected chi connectivity index (χ0v) is 12.9. The molecule has 0 atom stereocenters. The summed E-state index contributed by atoms with van der Waals surface area (Å²) in [6.45, 7) is 0. The summed E-state index contributed by atoms with van der Waals surface area (Å²) in [6.07, 6.45) is 5.11. The molecule has 2 aromatic rings. The van der Waals surface area contributed by atoms with Crippen LogP contribution in [0.4, 0.5) is 5.82 Å². The third-order valence-electron chi connectivity index (χ3n) is 3.96. The van der Waals surface area contributed by atoms with Gasteiger partial charge in [0.1, 0.15) is 11.6 Å². The number of hydrogen-bond acceptors (Lipinski definition) is 5. The molecule has 0 aromatic carbocycles. The van der Waals surface area contributed by atoms with Gasteiger partial charge < -0.3 is 9.88 Å². The minimum absolute atomic E-state index is 0.648. The van der Waals surface area contributed by atoms with E-state index in [4.69, 9.17) is 0 Å². The van der Waals surface area contributed by atoms with E-state index < -0.39 is 0 Å². The summed E-state index contributed by atoms with van der Waals surface area (Å²) in [5.41, 5.74) is 1.07. The molecule has 2 aliphatic carbocycles. The van der Waals surface area contributed by atoms with Crippen LogP contribution in [0.25, 0.3) is 0 Å². The topological polar surface area (TPSA) is 55.6 Å². The quantitative estimate of drug-likeness (QED) is 0.830. The highest BCUT2D eigenvalue weighted by Crippen LogP contribution is 2.46. The van der Waals surface area contributed by atoms with Gasteiger partial charge in [-0.05, 0) is 37.8 Å². The van der Waals surface area contributed by atoms with Gasteiger partial charge in [-0.25, -0.2) is 4.98 Å². The van der Waals surface area contributed by atoms with Gasteiger partial charge in [0.15, 0.2) is 5.16 Å². The molecule has 4 rings (SSSR count). The minimum atomic E-state index is 0.648. The Morgan fingerprint density at radius 2 is 2.10 bits per heavy atom. The Hall–Kier alpha value is -1.56. The lowest BCUT2D eigenvalue weighted by Gasteiger charge is -2.08. The van der Waals surface area contributed by atoms with Gasteiger partial charge in [-0.3, -0.25) is 0 Å². The van der Waals surface area contributed by atoms with Crippen molar-refractivity contribution in [3.63, 3.8) is 0 Å². The van der Waals surface area contributed by atoms with Crippen LogP contribution in [-0.4, -0.2) is 26.8 Å². The summed E-state index contributed by atoms with van der Waals surface area (Å²) in [7, 11) is 1.89. The first-order valence-electron chi connectivity index (χ1n) is 7.56. The third kappa shape index (κ3) is 2.77. The van der Waals surface area contributed by atoms with Gasteiger partial charge in [-0.2, -0.15) is 0 Å². The Morgan fingerprint density at radius 1 is 1.24 bits per heavy atom. The summed E-state index contributed by atoms with van der Waals surface area (Å²) in [5.74, 6) is 3.64. The van der Waals surface area contributed by atoms with Crippen LogP contribution < -0.4 is 5.32 Å². The maximum Gasteiger partial charge on any atom is 0.191 e. The number of nitrogens with zero attached hydrogens (tertiary/aromatic N) is 4.